The molecule has 0 spiro atoms. The fourth-order valence-electron chi connectivity index (χ4n) is 9.36. The zero-order valence-corrected chi connectivity index (χ0v) is 34.2. The van der Waals surface area contributed by atoms with Crippen molar-refractivity contribution in [3.05, 3.63) is 143 Å². The van der Waals surface area contributed by atoms with Gasteiger partial charge in [-0.15, -0.1) is 0 Å². The Balaban J connectivity index is 1.37. The van der Waals surface area contributed by atoms with Gasteiger partial charge in [-0.3, -0.25) is 0 Å². The molecule has 3 aliphatic carbocycles. The van der Waals surface area contributed by atoms with Crippen molar-refractivity contribution in [3.63, 3.8) is 0 Å². The predicted octanol–water partition coefficient (Wildman–Crippen LogP) is 11.9. The third-order valence-corrected chi connectivity index (χ3v) is 12.2. The molecule has 2 fully saturated rings. The van der Waals surface area contributed by atoms with Gasteiger partial charge in [-0.05, 0) is 122 Å². The number of esters is 2. The van der Waals surface area contributed by atoms with Gasteiger partial charge in [0.05, 0.1) is 5.41 Å². The largest absolute Gasteiger partial charge is 0.489 e. The molecule has 4 aromatic carbocycles. The number of ether oxygens (including phenoxy) is 4. The molecular formula is C51H58O6. The fourth-order valence-corrected chi connectivity index (χ4v) is 9.36. The summed E-state index contributed by atoms with van der Waals surface area (Å²) in [6, 6.07) is 31.4. The van der Waals surface area contributed by atoms with E-state index >= 15 is 0 Å². The average molecular weight is 767 g/mol. The Bertz CT molecular complexity index is 1960. The first-order valence-corrected chi connectivity index (χ1v) is 21.0. The van der Waals surface area contributed by atoms with Crippen molar-refractivity contribution in [1.82, 2.24) is 0 Å². The molecule has 2 unspecified atom stereocenters. The molecule has 6 heteroatoms. The second-order valence-electron chi connectivity index (χ2n) is 16.6. The molecule has 0 saturated heterocycles. The van der Waals surface area contributed by atoms with E-state index in [0.717, 1.165) is 37.2 Å². The highest BCUT2D eigenvalue weighted by molar-refractivity contribution is 5.88. The van der Waals surface area contributed by atoms with Gasteiger partial charge in [0.15, 0.2) is 0 Å². The SMILES string of the molecule is C=C(C)C(=O)OC(C)COc1ccc(C2(c3ccc(OCC(C)OC(=O)C(=C)C)c(C4CCCCC4)c3)c3ccccc3-c3ccccc32)cc1C1CCCCC1. The monoisotopic (exact) mass is 766 g/mol. The zero-order chi connectivity index (χ0) is 40.1. The summed E-state index contributed by atoms with van der Waals surface area (Å²) in [7, 11) is 0. The van der Waals surface area contributed by atoms with Gasteiger partial charge >= 0.3 is 11.9 Å². The molecule has 7 rings (SSSR count). The third-order valence-electron chi connectivity index (χ3n) is 12.2. The zero-order valence-electron chi connectivity index (χ0n) is 34.2. The van der Waals surface area contributed by atoms with E-state index in [0.29, 0.717) is 23.0 Å². The van der Waals surface area contributed by atoms with E-state index in [9.17, 15) is 9.59 Å². The summed E-state index contributed by atoms with van der Waals surface area (Å²) in [5.74, 6) is 1.62. The van der Waals surface area contributed by atoms with Crippen LogP contribution >= 0.6 is 0 Å². The summed E-state index contributed by atoms with van der Waals surface area (Å²) in [6.07, 6.45) is 10.8. The molecule has 0 aromatic heterocycles. The van der Waals surface area contributed by atoms with E-state index in [1.165, 1.54) is 83.0 Å². The van der Waals surface area contributed by atoms with Crippen LogP contribution in [0.25, 0.3) is 11.1 Å². The first kappa shape index (κ1) is 40.1. The number of hydrogen-bond donors (Lipinski definition) is 0. The van der Waals surface area contributed by atoms with E-state index in [-0.39, 0.29) is 13.2 Å². The lowest BCUT2D eigenvalue weighted by Gasteiger charge is -2.36. The molecule has 0 aliphatic heterocycles. The van der Waals surface area contributed by atoms with E-state index < -0.39 is 29.6 Å². The van der Waals surface area contributed by atoms with Crippen molar-refractivity contribution >= 4 is 11.9 Å². The molecule has 57 heavy (non-hydrogen) atoms. The minimum atomic E-state index is -0.605. The van der Waals surface area contributed by atoms with E-state index in [1.807, 2.05) is 13.8 Å². The normalized spacial score (nSPS) is 17.4. The van der Waals surface area contributed by atoms with E-state index in [2.05, 4.69) is 98.1 Å². The van der Waals surface area contributed by atoms with Crippen molar-refractivity contribution in [1.29, 1.82) is 0 Å². The second kappa shape index (κ2) is 17.6. The summed E-state index contributed by atoms with van der Waals surface area (Å²) in [5, 5.41) is 0. The van der Waals surface area contributed by atoms with Crippen LogP contribution in [0.2, 0.25) is 0 Å². The Hall–Kier alpha value is -5.10. The van der Waals surface area contributed by atoms with Gasteiger partial charge in [-0.2, -0.15) is 0 Å². The number of benzene rings is 4. The number of fused-ring (bicyclic) bond motifs is 3. The fraction of sp³-hybridized carbons (Fsp3) is 0.412. The van der Waals surface area contributed by atoms with Crippen molar-refractivity contribution < 1.29 is 28.5 Å². The van der Waals surface area contributed by atoms with Crippen LogP contribution in [0.15, 0.2) is 109 Å². The molecule has 0 radical (unpaired) electrons. The Morgan fingerprint density at radius 2 is 0.982 bits per heavy atom. The molecule has 6 nitrogen and oxygen atoms in total. The standard InChI is InChI=1S/C51H58O6/c1-33(2)49(52)56-35(5)31-54-47-27-25-39(29-43(47)37-17-9-7-10-18-37)51(45-23-15-13-21-41(45)42-22-14-16-24-46(42)51)40-26-28-48(44(30-40)38-19-11-8-12-20-38)55-32-36(6)57-50(53)34(3)4/h13-16,21-30,35-38H,1,3,7-12,17-20,31-32H2,2,4-6H3. The number of hydrogen-bond acceptors (Lipinski definition) is 6. The van der Waals surface area contributed by atoms with Crippen LogP contribution in [0.3, 0.4) is 0 Å². The van der Waals surface area contributed by atoms with Crippen LogP contribution in [0.1, 0.15) is 137 Å². The molecule has 0 bridgehead atoms. The summed E-state index contributed by atoms with van der Waals surface area (Å²) < 4.78 is 24.3. The lowest BCUT2D eigenvalue weighted by Crippen LogP contribution is -2.30. The van der Waals surface area contributed by atoms with Gasteiger partial charge in [0.2, 0.25) is 0 Å². The van der Waals surface area contributed by atoms with Crippen LogP contribution < -0.4 is 9.47 Å². The van der Waals surface area contributed by atoms with Crippen LogP contribution in [-0.2, 0) is 24.5 Å². The Morgan fingerprint density at radius 1 is 0.596 bits per heavy atom. The Kier molecular flexibility index (Phi) is 12.4. The summed E-state index contributed by atoms with van der Waals surface area (Å²) in [6.45, 7) is 15.0. The Labute approximate surface area is 339 Å². The van der Waals surface area contributed by atoms with Gasteiger partial charge in [0, 0.05) is 11.1 Å². The van der Waals surface area contributed by atoms with Crippen molar-refractivity contribution in [2.24, 2.45) is 0 Å². The average Bonchev–Trinajstić information content (AvgIpc) is 3.53. The molecular weight excluding hydrogens is 709 g/mol. The van der Waals surface area contributed by atoms with Crippen molar-refractivity contribution in [3.8, 4) is 22.6 Å². The maximum absolute atomic E-state index is 12.3. The quantitative estimate of drug-likeness (QED) is 0.0828. The van der Waals surface area contributed by atoms with Crippen LogP contribution in [0.5, 0.6) is 11.5 Å². The van der Waals surface area contributed by atoms with Crippen LogP contribution in [-0.4, -0.2) is 37.4 Å². The first-order valence-electron chi connectivity index (χ1n) is 21.0. The molecule has 0 amide bonds. The summed E-state index contributed by atoms with van der Waals surface area (Å²) in [4.78, 5) is 24.6. The van der Waals surface area contributed by atoms with Gasteiger partial charge in [0.1, 0.15) is 36.9 Å². The molecule has 0 N–H and O–H groups in total. The van der Waals surface area contributed by atoms with Crippen molar-refractivity contribution in [2.45, 2.75) is 121 Å². The summed E-state index contributed by atoms with van der Waals surface area (Å²) >= 11 is 0. The van der Waals surface area contributed by atoms with Gasteiger partial charge in [0.25, 0.3) is 0 Å². The molecule has 4 aromatic rings. The highest BCUT2D eigenvalue weighted by Crippen LogP contribution is 2.57. The van der Waals surface area contributed by atoms with Gasteiger partial charge < -0.3 is 18.9 Å². The minimum absolute atomic E-state index is 0.256. The number of rotatable bonds is 14. The number of carbonyl (C=O) groups is 2. The van der Waals surface area contributed by atoms with E-state index in [1.54, 1.807) is 13.8 Å². The molecule has 298 valence electrons. The smallest absolute Gasteiger partial charge is 0.333 e. The first-order chi connectivity index (χ1) is 27.6. The maximum atomic E-state index is 12.3. The highest BCUT2D eigenvalue weighted by atomic mass is 16.6. The van der Waals surface area contributed by atoms with E-state index in [4.69, 9.17) is 18.9 Å². The van der Waals surface area contributed by atoms with Crippen LogP contribution in [0, 0.1) is 0 Å². The topological polar surface area (TPSA) is 71.1 Å². The predicted molar refractivity (Wildman–Crippen MR) is 227 cm³/mol. The van der Waals surface area contributed by atoms with Gasteiger partial charge in [-0.1, -0.05) is 124 Å². The summed E-state index contributed by atoms with van der Waals surface area (Å²) in [5.41, 5.74) is 10.0. The molecule has 2 atom stereocenters. The molecule has 0 heterocycles. The van der Waals surface area contributed by atoms with Crippen molar-refractivity contribution in [2.75, 3.05) is 13.2 Å². The number of carbonyl (C=O) groups excluding carboxylic acids is 2. The minimum Gasteiger partial charge on any atom is -0.489 e. The Morgan fingerprint density at radius 3 is 1.37 bits per heavy atom. The molecule has 2 saturated carbocycles. The second-order valence-corrected chi connectivity index (χ2v) is 16.6. The lowest BCUT2D eigenvalue weighted by molar-refractivity contribution is -0.145. The van der Waals surface area contributed by atoms with Gasteiger partial charge in [-0.25, -0.2) is 9.59 Å². The molecule has 3 aliphatic rings. The third kappa shape index (κ3) is 8.33. The highest BCUT2D eigenvalue weighted by Gasteiger charge is 2.47. The van der Waals surface area contributed by atoms with Crippen LogP contribution in [0.4, 0.5) is 0 Å². The lowest BCUT2D eigenvalue weighted by atomic mass is 9.66. The maximum Gasteiger partial charge on any atom is 0.333 e.